The van der Waals surface area contributed by atoms with Gasteiger partial charge in [-0.25, -0.2) is 9.78 Å². The number of likely N-dealkylation sites (N-methyl/N-ethyl adjacent to an activating group) is 1. The van der Waals surface area contributed by atoms with Crippen molar-refractivity contribution in [3.05, 3.63) is 29.8 Å². The highest BCUT2D eigenvalue weighted by Gasteiger charge is 2.02. The van der Waals surface area contributed by atoms with Gasteiger partial charge in [-0.05, 0) is 18.6 Å². The van der Waals surface area contributed by atoms with Crippen molar-refractivity contribution in [1.29, 1.82) is 0 Å². The van der Waals surface area contributed by atoms with Crippen molar-refractivity contribution in [1.82, 2.24) is 0 Å². The molecule has 0 fully saturated rings. The molecule has 0 aliphatic heterocycles. The lowest BCUT2D eigenvalue weighted by Crippen LogP contribution is -2.23. The van der Waals surface area contributed by atoms with Gasteiger partial charge in [-0.2, -0.15) is 0 Å². The van der Waals surface area contributed by atoms with Crippen LogP contribution in [0.4, 0.5) is 5.69 Å². The van der Waals surface area contributed by atoms with Crippen molar-refractivity contribution in [2.24, 2.45) is 0 Å². The number of hydrogen-bond acceptors (Lipinski definition) is 3. The number of hydrogen-bond donors (Lipinski definition) is 0. The maximum Gasteiger partial charge on any atom is 0.0996 e. The van der Waals surface area contributed by atoms with E-state index in [-0.39, 0.29) is 0 Å². The van der Waals surface area contributed by atoms with Crippen LogP contribution in [0.2, 0.25) is 0 Å². The van der Waals surface area contributed by atoms with Gasteiger partial charge in [0.2, 0.25) is 0 Å². The Labute approximate surface area is 85.2 Å². The Bertz CT molecular complexity index is 276. The van der Waals surface area contributed by atoms with E-state index in [1.807, 2.05) is 19.2 Å². The number of aryl methyl sites for hydroxylation is 1. The molecule has 3 heteroatoms. The minimum Gasteiger partial charge on any atom is -0.372 e. The summed E-state index contributed by atoms with van der Waals surface area (Å²) in [6.45, 7) is 3.49. The average Bonchev–Trinajstić information content (AvgIpc) is 2.18. The van der Waals surface area contributed by atoms with Gasteiger partial charge in [0.15, 0.2) is 0 Å². The maximum atomic E-state index is 4.82. The normalized spacial score (nSPS) is 10.2. The van der Waals surface area contributed by atoms with Crippen LogP contribution in [0, 0.1) is 6.92 Å². The summed E-state index contributed by atoms with van der Waals surface area (Å²) in [5.74, 6) is 0. The van der Waals surface area contributed by atoms with E-state index in [2.05, 4.69) is 28.8 Å². The lowest BCUT2D eigenvalue weighted by Gasteiger charge is -2.20. The molecular formula is C11H17NO2. The summed E-state index contributed by atoms with van der Waals surface area (Å²) < 4.78 is 0. The van der Waals surface area contributed by atoms with Crippen molar-refractivity contribution < 1.29 is 9.78 Å². The summed E-state index contributed by atoms with van der Waals surface area (Å²) in [6, 6.07) is 8.28. The Morgan fingerprint density at radius 3 is 2.64 bits per heavy atom. The van der Waals surface area contributed by atoms with Crippen LogP contribution in [0.1, 0.15) is 5.56 Å². The van der Waals surface area contributed by atoms with Gasteiger partial charge in [0.25, 0.3) is 0 Å². The number of anilines is 1. The standard InChI is InChI=1S/C11H17NO2/c1-10-6-4-5-7-11(10)12(2)8-9-14-13-3/h4-7H,8-9H2,1-3H3. The minimum absolute atomic E-state index is 0.571. The Kier molecular flexibility index (Phi) is 4.43. The van der Waals surface area contributed by atoms with Crippen molar-refractivity contribution >= 4 is 5.69 Å². The second-order valence-electron chi connectivity index (χ2n) is 3.20. The molecule has 78 valence electrons. The number of para-hydroxylation sites is 1. The molecule has 0 spiro atoms. The van der Waals surface area contributed by atoms with Crippen LogP contribution in [0.5, 0.6) is 0 Å². The van der Waals surface area contributed by atoms with Crippen molar-refractivity contribution in [2.45, 2.75) is 6.92 Å². The highest BCUT2D eigenvalue weighted by molar-refractivity contribution is 5.52. The first-order valence-corrected chi connectivity index (χ1v) is 4.68. The predicted molar refractivity (Wildman–Crippen MR) is 57.4 cm³/mol. The molecule has 0 atom stereocenters. The fourth-order valence-electron chi connectivity index (χ4n) is 1.37. The van der Waals surface area contributed by atoms with E-state index in [9.17, 15) is 0 Å². The number of nitrogens with zero attached hydrogens (tertiary/aromatic N) is 1. The van der Waals surface area contributed by atoms with Crippen LogP contribution < -0.4 is 4.90 Å². The third-order valence-corrected chi connectivity index (χ3v) is 2.15. The molecule has 0 aliphatic carbocycles. The van der Waals surface area contributed by atoms with Crippen LogP contribution in [0.3, 0.4) is 0 Å². The largest absolute Gasteiger partial charge is 0.372 e. The fraction of sp³-hybridized carbons (Fsp3) is 0.455. The van der Waals surface area contributed by atoms with Gasteiger partial charge in [0.05, 0.1) is 13.7 Å². The topological polar surface area (TPSA) is 21.7 Å². The average molecular weight is 195 g/mol. The summed E-state index contributed by atoms with van der Waals surface area (Å²) in [4.78, 5) is 11.5. The van der Waals surface area contributed by atoms with E-state index in [1.165, 1.54) is 18.4 Å². The Morgan fingerprint density at radius 2 is 2.00 bits per heavy atom. The molecule has 0 aromatic heterocycles. The predicted octanol–water partition coefficient (Wildman–Crippen LogP) is 2.01. The molecule has 0 bridgehead atoms. The Hall–Kier alpha value is -1.06. The van der Waals surface area contributed by atoms with Gasteiger partial charge in [0.1, 0.15) is 0 Å². The van der Waals surface area contributed by atoms with E-state index < -0.39 is 0 Å². The first-order chi connectivity index (χ1) is 6.75. The van der Waals surface area contributed by atoms with Crippen LogP contribution in [0.15, 0.2) is 24.3 Å². The van der Waals surface area contributed by atoms with E-state index in [1.54, 1.807) is 0 Å². The molecule has 0 unspecified atom stereocenters. The van der Waals surface area contributed by atoms with Crippen LogP contribution in [0.25, 0.3) is 0 Å². The molecule has 14 heavy (non-hydrogen) atoms. The van der Waals surface area contributed by atoms with Gasteiger partial charge in [-0.1, -0.05) is 18.2 Å². The van der Waals surface area contributed by atoms with Crippen molar-refractivity contribution in [2.75, 3.05) is 32.2 Å². The van der Waals surface area contributed by atoms with Crippen molar-refractivity contribution in [3.63, 3.8) is 0 Å². The molecule has 0 aliphatic rings. The summed E-state index contributed by atoms with van der Waals surface area (Å²) in [5.41, 5.74) is 2.50. The lowest BCUT2D eigenvalue weighted by molar-refractivity contribution is -0.269. The second kappa shape index (κ2) is 5.62. The first-order valence-electron chi connectivity index (χ1n) is 4.68. The molecule has 1 aromatic carbocycles. The molecule has 0 saturated carbocycles. The summed E-state index contributed by atoms with van der Waals surface area (Å²) in [7, 11) is 3.56. The van der Waals surface area contributed by atoms with E-state index >= 15 is 0 Å². The van der Waals surface area contributed by atoms with Gasteiger partial charge in [0, 0.05) is 19.3 Å². The highest BCUT2D eigenvalue weighted by Crippen LogP contribution is 2.16. The smallest absolute Gasteiger partial charge is 0.0996 e. The SMILES string of the molecule is COOCCN(C)c1ccccc1C. The van der Waals surface area contributed by atoms with Gasteiger partial charge >= 0.3 is 0 Å². The minimum atomic E-state index is 0.571. The zero-order valence-electron chi connectivity index (χ0n) is 8.99. The van der Waals surface area contributed by atoms with Gasteiger partial charge in [-0.3, -0.25) is 0 Å². The monoisotopic (exact) mass is 195 g/mol. The molecular weight excluding hydrogens is 178 g/mol. The number of rotatable bonds is 5. The number of benzene rings is 1. The highest BCUT2D eigenvalue weighted by atomic mass is 17.2. The molecule has 1 rings (SSSR count). The third-order valence-electron chi connectivity index (χ3n) is 2.15. The van der Waals surface area contributed by atoms with E-state index in [4.69, 9.17) is 4.89 Å². The third kappa shape index (κ3) is 3.01. The maximum absolute atomic E-state index is 4.82. The summed E-state index contributed by atoms with van der Waals surface area (Å²) in [5, 5.41) is 0. The molecule has 0 radical (unpaired) electrons. The molecule has 1 aromatic rings. The Balaban J connectivity index is 2.51. The fourth-order valence-corrected chi connectivity index (χ4v) is 1.37. The Morgan fingerprint density at radius 1 is 1.29 bits per heavy atom. The summed E-state index contributed by atoms with van der Waals surface area (Å²) in [6.07, 6.45) is 0. The molecule has 3 nitrogen and oxygen atoms in total. The second-order valence-corrected chi connectivity index (χ2v) is 3.20. The van der Waals surface area contributed by atoms with Crippen molar-refractivity contribution in [3.8, 4) is 0 Å². The molecule has 0 amide bonds. The zero-order valence-corrected chi connectivity index (χ0v) is 8.99. The lowest BCUT2D eigenvalue weighted by atomic mass is 10.2. The van der Waals surface area contributed by atoms with Crippen LogP contribution in [-0.2, 0) is 9.78 Å². The van der Waals surface area contributed by atoms with E-state index in [0.29, 0.717) is 6.61 Å². The zero-order chi connectivity index (χ0) is 10.4. The first kappa shape index (κ1) is 11.0. The van der Waals surface area contributed by atoms with E-state index in [0.717, 1.165) is 6.54 Å². The van der Waals surface area contributed by atoms with Crippen LogP contribution in [-0.4, -0.2) is 27.3 Å². The van der Waals surface area contributed by atoms with Gasteiger partial charge < -0.3 is 4.90 Å². The molecule has 0 N–H and O–H groups in total. The molecule has 0 heterocycles. The van der Waals surface area contributed by atoms with Crippen LogP contribution >= 0.6 is 0 Å². The quantitative estimate of drug-likeness (QED) is 0.407. The van der Waals surface area contributed by atoms with Gasteiger partial charge in [-0.15, -0.1) is 0 Å². The summed E-state index contributed by atoms with van der Waals surface area (Å²) >= 11 is 0. The molecule has 0 saturated heterocycles.